The van der Waals surface area contributed by atoms with Crippen molar-refractivity contribution in [3.8, 4) is 6.07 Å². The first-order valence-electron chi connectivity index (χ1n) is 5.34. The van der Waals surface area contributed by atoms with E-state index in [-0.39, 0.29) is 0 Å². The van der Waals surface area contributed by atoms with Gasteiger partial charge in [0, 0.05) is 19.2 Å². The standard InChI is InChI=1S/C11H17N5/c1-4-9(2)15-10-7-11(14-8-13-10)16(3)6-5-12/h7-9H,4,6H2,1-3H3,(H,13,14,15). The molecule has 0 aliphatic heterocycles. The van der Waals surface area contributed by atoms with Crippen LogP contribution in [0.4, 0.5) is 11.6 Å². The summed E-state index contributed by atoms with van der Waals surface area (Å²) in [6, 6.07) is 4.31. The minimum Gasteiger partial charge on any atom is -0.367 e. The second-order valence-corrected chi connectivity index (χ2v) is 3.73. The Morgan fingerprint density at radius 1 is 1.56 bits per heavy atom. The van der Waals surface area contributed by atoms with Crippen molar-refractivity contribution in [3.63, 3.8) is 0 Å². The molecule has 0 amide bonds. The van der Waals surface area contributed by atoms with E-state index in [1.165, 1.54) is 6.33 Å². The van der Waals surface area contributed by atoms with Crippen LogP contribution in [0.1, 0.15) is 20.3 Å². The topological polar surface area (TPSA) is 64.8 Å². The van der Waals surface area contributed by atoms with Crippen LogP contribution in [0, 0.1) is 11.3 Å². The lowest BCUT2D eigenvalue weighted by atomic mass is 10.2. The summed E-state index contributed by atoms with van der Waals surface area (Å²) in [5, 5.41) is 11.9. The van der Waals surface area contributed by atoms with Crippen molar-refractivity contribution in [2.24, 2.45) is 0 Å². The summed E-state index contributed by atoms with van der Waals surface area (Å²) in [7, 11) is 1.83. The smallest absolute Gasteiger partial charge is 0.134 e. The van der Waals surface area contributed by atoms with E-state index in [2.05, 4.69) is 35.2 Å². The normalized spacial score (nSPS) is 11.6. The third kappa shape index (κ3) is 3.39. The first-order valence-corrected chi connectivity index (χ1v) is 5.34. The molecular weight excluding hydrogens is 202 g/mol. The van der Waals surface area contributed by atoms with E-state index in [0.717, 1.165) is 18.1 Å². The highest BCUT2D eigenvalue weighted by molar-refractivity contribution is 5.48. The number of nitrogens with zero attached hydrogens (tertiary/aromatic N) is 4. The minimum absolute atomic E-state index is 0.319. The second-order valence-electron chi connectivity index (χ2n) is 3.73. The molecule has 86 valence electrons. The van der Waals surface area contributed by atoms with Crippen LogP contribution in [0.3, 0.4) is 0 Å². The molecule has 0 radical (unpaired) electrons. The molecule has 0 saturated carbocycles. The predicted octanol–water partition coefficient (Wildman–Crippen LogP) is 1.65. The zero-order valence-electron chi connectivity index (χ0n) is 9.94. The molecule has 0 bridgehead atoms. The second kappa shape index (κ2) is 5.91. The Kier molecular flexibility index (Phi) is 4.52. The zero-order chi connectivity index (χ0) is 12.0. The van der Waals surface area contributed by atoms with Gasteiger partial charge in [-0.15, -0.1) is 0 Å². The Balaban J connectivity index is 2.75. The van der Waals surface area contributed by atoms with Crippen LogP contribution >= 0.6 is 0 Å². The lowest BCUT2D eigenvalue weighted by Crippen LogP contribution is -2.20. The molecule has 1 aromatic rings. The monoisotopic (exact) mass is 219 g/mol. The summed E-state index contributed by atoms with van der Waals surface area (Å²) in [6.07, 6.45) is 2.54. The van der Waals surface area contributed by atoms with E-state index >= 15 is 0 Å². The van der Waals surface area contributed by atoms with E-state index in [1.807, 2.05) is 13.1 Å². The van der Waals surface area contributed by atoms with Gasteiger partial charge in [0.2, 0.25) is 0 Å². The van der Waals surface area contributed by atoms with E-state index in [1.54, 1.807) is 4.90 Å². The molecule has 5 heteroatoms. The summed E-state index contributed by atoms with van der Waals surface area (Å²) < 4.78 is 0. The van der Waals surface area contributed by atoms with Gasteiger partial charge in [-0.3, -0.25) is 0 Å². The maximum atomic E-state index is 8.60. The lowest BCUT2D eigenvalue weighted by Gasteiger charge is -2.16. The first-order chi connectivity index (χ1) is 7.67. The Morgan fingerprint density at radius 2 is 2.31 bits per heavy atom. The van der Waals surface area contributed by atoms with Crippen molar-refractivity contribution >= 4 is 11.6 Å². The SMILES string of the molecule is CCC(C)Nc1cc(N(C)CC#N)ncn1. The van der Waals surface area contributed by atoms with Crippen molar-refractivity contribution in [2.75, 3.05) is 23.8 Å². The first kappa shape index (κ1) is 12.2. The lowest BCUT2D eigenvalue weighted by molar-refractivity contribution is 0.758. The molecule has 1 N–H and O–H groups in total. The largest absolute Gasteiger partial charge is 0.367 e. The van der Waals surface area contributed by atoms with Crippen molar-refractivity contribution < 1.29 is 0 Å². The molecular formula is C11H17N5. The Bertz CT molecular complexity index is 371. The fourth-order valence-corrected chi connectivity index (χ4v) is 1.18. The summed E-state index contributed by atoms with van der Waals surface area (Å²) >= 11 is 0. The number of nitrogens with one attached hydrogen (secondary N) is 1. The Morgan fingerprint density at radius 3 is 2.94 bits per heavy atom. The van der Waals surface area contributed by atoms with E-state index in [0.29, 0.717) is 12.6 Å². The molecule has 0 spiro atoms. The number of nitriles is 1. The summed E-state index contributed by atoms with van der Waals surface area (Å²) in [4.78, 5) is 10.0. The minimum atomic E-state index is 0.319. The summed E-state index contributed by atoms with van der Waals surface area (Å²) in [5.41, 5.74) is 0. The van der Waals surface area contributed by atoms with Crippen LogP contribution in [0.5, 0.6) is 0 Å². The molecule has 1 unspecified atom stereocenters. The van der Waals surface area contributed by atoms with Crippen molar-refractivity contribution in [2.45, 2.75) is 26.3 Å². The number of aromatic nitrogens is 2. The fourth-order valence-electron chi connectivity index (χ4n) is 1.18. The third-order valence-electron chi connectivity index (χ3n) is 2.36. The average Bonchev–Trinajstić information content (AvgIpc) is 2.29. The number of hydrogen-bond acceptors (Lipinski definition) is 5. The van der Waals surface area contributed by atoms with Crippen LogP contribution in [0.15, 0.2) is 12.4 Å². The summed E-state index contributed by atoms with van der Waals surface area (Å²) in [5.74, 6) is 1.55. The van der Waals surface area contributed by atoms with Gasteiger partial charge in [-0.25, -0.2) is 9.97 Å². The van der Waals surface area contributed by atoms with Gasteiger partial charge in [0.25, 0.3) is 0 Å². The molecule has 0 aliphatic carbocycles. The maximum Gasteiger partial charge on any atom is 0.134 e. The molecule has 1 rings (SSSR count). The molecule has 5 nitrogen and oxygen atoms in total. The van der Waals surface area contributed by atoms with E-state index in [9.17, 15) is 0 Å². The van der Waals surface area contributed by atoms with Gasteiger partial charge in [0.1, 0.15) is 24.5 Å². The van der Waals surface area contributed by atoms with E-state index in [4.69, 9.17) is 5.26 Å². The van der Waals surface area contributed by atoms with Gasteiger partial charge < -0.3 is 10.2 Å². The molecule has 1 heterocycles. The van der Waals surface area contributed by atoms with Gasteiger partial charge in [-0.05, 0) is 13.3 Å². The number of hydrogen-bond donors (Lipinski definition) is 1. The van der Waals surface area contributed by atoms with Crippen LogP contribution in [0.2, 0.25) is 0 Å². The molecule has 1 atom stereocenters. The summed E-state index contributed by atoms with van der Waals surface area (Å²) in [6.45, 7) is 4.53. The number of anilines is 2. The van der Waals surface area contributed by atoms with Gasteiger partial charge in [-0.1, -0.05) is 6.92 Å². The van der Waals surface area contributed by atoms with Crippen molar-refractivity contribution in [1.82, 2.24) is 9.97 Å². The highest BCUT2D eigenvalue weighted by atomic mass is 15.2. The van der Waals surface area contributed by atoms with Gasteiger partial charge >= 0.3 is 0 Å². The maximum absolute atomic E-state index is 8.60. The molecule has 0 fully saturated rings. The zero-order valence-corrected chi connectivity index (χ0v) is 9.94. The highest BCUT2D eigenvalue weighted by Crippen LogP contribution is 2.13. The van der Waals surface area contributed by atoms with Crippen molar-refractivity contribution in [1.29, 1.82) is 5.26 Å². The predicted molar refractivity (Wildman–Crippen MR) is 64.3 cm³/mol. The molecule has 16 heavy (non-hydrogen) atoms. The van der Waals surface area contributed by atoms with Crippen LogP contribution in [-0.2, 0) is 0 Å². The number of rotatable bonds is 5. The van der Waals surface area contributed by atoms with Gasteiger partial charge in [0.05, 0.1) is 6.07 Å². The molecule has 1 aromatic heterocycles. The van der Waals surface area contributed by atoms with Gasteiger partial charge in [-0.2, -0.15) is 5.26 Å². The van der Waals surface area contributed by atoms with Crippen LogP contribution in [0.25, 0.3) is 0 Å². The molecule has 0 aromatic carbocycles. The Hall–Kier alpha value is -1.83. The van der Waals surface area contributed by atoms with Crippen LogP contribution < -0.4 is 10.2 Å². The average molecular weight is 219 g/mol. The molecule has 0 saturated heterocycles. The quantitative estimate of drug-likeness (QED) is 0.763. The van der Waals surface area contributed by atoms with E-state index < -0.39 is 0 Å². The third-order valence-corrected chi connectivity index (χ3v) is 2.36. The van der Waals surface area contributed by atoms with Crippen LogP contribution in [-0.4, -0.2) is 29.6 Å². The highest BCUT2D eigenvalue weighted by Gasteiger charge is 2.05. The van der Waals surface area contributed by atoms with Crippen molar-refractivity contribution in [3.05, 3.63) is 12.4 Å². The Labute approximate surface area is 96.1 Å². The fraction of sp³-hybridized carbons (Fsp3) is 0.545. The molecule has 0 aliphatic rings. The van der Waals surface area contributed by atoms with Gasteiger partial charge in [0.15, 0.2) is 0 Å².